The fourth-order valence-corrected chi connectivity index (χ4v) is 3.80. The molecule has 0 bridgehead atoms. The van der Waals surface area contributed by atoms with Gasteiger partial charge in [0.25, 0.3) is 0 Å². The summed E-state index contributed by atoms with van der Waals surface area (Å²) in [5, 5.41) is 12.5. The quantitative estimate of drug-likeness (QED) is 0.674. The van der Waals surface area contributed by atoms with Crippen LogP contribution < -0.4 is 5.32 Å². The van der Waals surface area contributed by atoms with Crippen LogP contribution >= 0.6 is 0 Å². The van der Waals surface area contributed by atoms with E-state index in [0.29, 0.717) is 17.9 Å². The van der Waals surface area contributed by atoms with Gasteiger partial charge in [0.1, 0.15) is 17.3 Å². The van der Waals surface area contributed by atoms with Crippen LogP contribution in [0.1, 0.15) is 40.7 Å². The van der Waals surface area contributed by atoms with Crippen molar-refractivity contribution in [2.75, 3.05) is 18.9 Å². The molecule has 4 rings (SSSR count). The Balaban J connectivity index is 1.56. The summed E-state index contributed by atoms with van der Waals surface area (Å²) >= 11 is 0. The molecule has 1 aromatic carbocycles. The number of aromatic carboxylic acids is 1. The summed E-state index contributed by atoms with van der Waals surface area (Å²) in [4.78, 5) is 22.7. The van der Waals surface area contributed by atoms with Crippen molar-refractivity contribution in [1.29, 1.82) is 0 Å². The van der Waals surface area contributed by atoms with Crippen LogP contribution in [-0.2, 0) is 6.54 Å². The van der Waals surface area contributed by atoms with E-state index in [1.54, 1.807) is 30.6 Å². The zero-order valence-corrected chi connectivity index (χ0v) is 15.6. The highest BCUT2D eigenvalue weighted by atomic mass is 16.4. The number of aromatic nitrogens is 2. The molecule has 7 heteroatoms. The Bertz CT molecular complexity index is 985. The number of likely N-dealkylation sites (tertiary alicyclic amines) is 1. The SMILES string of the molecule is CNc1nccnc1C1CCCN1Cc1ccc(-c2ccccc2C(=O)O)o1. The van der Waals surface area contributed by atoms with E-state index in [9.17, 15) is 9.90 Å². The molecule has 0 radical (unpaired) electrons. The highest BCUT2D eigenvalue weighted by Crippen LogP contribution is 2.35. The van der Waals surface area contributed by atoms with Crippen LogP contribution in [0.4, 0.5) is 5.82 Å². The fourth-order valence-electron chi connectivity index (χ4n) is 3.80. The van der Waals surface area contributed by atoms with Gasteiger partial charge >= 0.3 is 5.97 Å². The zero-order valence-electron chi connectivity index (χ0n) is 15.6. The first-order valence-electron chi connectivity index (χ1n) is 9.31. The molecule has 7 nitrogen and oxygen atoms in total. The predicted octanol–water partition coefficient (Wildman–Crippen LogP) is 3.81. The average molecular weight is 378 g/mol. The molecule has 1 fully saturated rings. The van der Waals surface area contributed by atoms with E-state index < -0.39 is 5.97 Å². The zero-order chi connectivity index (χ0) is 19.5. The van der Waals surface area contributed by atoms with Gasteiger partial charge in [0.05, 0.1) is 23.8 Å². The molecule has 28 heavy (non-hydrogen) atoms. The third-order valence-corrected chi connectivity index (χ3v) is 5.09. The Kier molecular flexibility index (Phi) is 5.08. The average Bonchev–Trinajstić information content (AvgIpc) is 3.38. The molecule has 1 atom stereocenters. The minimum absolute atomic E-state index is 0.177. The first-order valence-corrected chi connectivity index (χ1v) is 9.31. The molecular formula is C21H22N4O3. The van der Waals surface area contributed by atoms with Gasteiger partial charge in [0, 0.05) is 25.0 Å². The number of carboxylic acids is 1. The van der Waals surface area contributed by atoms with E-state index in [-0.39, 0.29) is 11.6 Å². The molecule has 0 spiro atoms. The van der Waals surface area contributed by atoms with Crippen LogP contribution in [0, 0.1) is 0 Å². The molecule has 2 aromatic heterocycles. The number of nitrogens with zero attached hydrogens (tertiary/aromatic N) is 3. The van der Waals surface area contributed by atoms with Gasteiger partial charge < -0.3 is 14.8 Å². The summed E-state index contributed by atoms with van der Waals surface area (Å²) in [5.74, 6) is 1.21. The van der Waals surface area contributed by atoms with Gasteiger partial charge in [-0.2, -0.15) is 0 Å². The number of anilines is 1. The van der Waals surface area contributed by atoms with Crippen LogP contribution in [0.15, 0.2) is 53.2 Å². The number of furan rings is 1. The number of nitrogens with one attached hydrogen (secondary N) is 1. The minimum Gasteiger partial charge on any atom is -0.478 e. The van der Waals surface area contributed by atoms with Gasteiger partial charge in [0.2, 0.25) is 0 Å². The first-order chi connectivity index (χ1) is 13.7. The normalized spacial score (nSPS) is 17.0. The lowest BCUT2D eigenvalue weighted by Gasteiger charge is -2.24. The number of carboxylic acid groups (broad SMARTS) is 1. The minimum atomic E-state index is -0.963. The number of carbonyl (C=O) groups is 1. The topological polar surface area (TPSA) is 91.5 Å². The van der Waals surface area contributed by atoms with Crippen molar-refractivity contribution in [1.82, 2.24) is 14.9 Å². The summed E-state index contributed by atoms with van der Waals surface area (Å²) in [6.45, 7) is 1.59. The monoisotopic (exact) mass is 378 g/mol. The lowest BCUT2D eigenvalue weighted by molar-refractivity contribution is 0.0697. The van der Waals surface area contributed by atoms with Crippen LogP contribution in [0.2, 0.25) is 0 Å². The van der Waals surface area contributed by atoms with Crippen molar-refractivity contribution < 1.29 is 14.3 Å². The summed E-state index contributed by atoms with van der Waals surface area (Å²) < 4.78 is 6.01. The maximum atomic E-state index is 11.5. The second-order valence-corrected chi connectivity index (χ2v) is 6.79. The molecule has 1 aliphatic rings. The van der Waals surface area contributed by atoms with E-state index in [0.717, 1.165) is 36.7 Å². The van der Waals surface area contributed by atoms with E-state index in [2.05, 4.69) is 20.2 Å². The van der Waals surface area contributed by atoms with Crippen molar-refractivity contribution in [3.8, 4) is 11.3 Å². The van der Waals surface area contributed by atoms with Gasteiger partial charge in [-0.15, -0.1) is 0 Å². The number of rotatable bonds is 6. The molecule has 3 heterocycles. The molecule has 1 unspecified atom stereocenters. The first kappa shape index (κ1) is 18.2. The fraction of sp³-hybridized carbons (Fsp3) is 0.286. The lowest BCUT2D eigenvalue weighted by Crippen LogP contribution is -2.24. The molecule has 144 valence electrons. The molecule has 2 N–H and O–H groups in total. The highest BCUT2D eigenvalue weighted by molar-refractivity contribution is 5.95. The summed E-state index contributed by atoms with van der Waals surface area (Å²) in [6.07, 6.45) is 5.51. The van der Waals surface area contributed by atoms with Crippen molar-refractivity contribution >= 4 is 11.8 Å². The number of hydrogen-bond acceptors (Lipinski definition) is 6. The van der Waals surface area contributed by atoms with Crippen molar-refractivity contribution in [3.05, 3.63) is 65.8 Å². The Morgan fingerprint density at radius 2 is 2.07 bits per heavy atom. The highest BCUT2D eigenvalue weighted by Gasteiger charge is 2.30. The van der Waals surface area contributed by atoms with Gasteiger partial charge in [-0.25, -0.2) is 9.78 Å². The smallest absolute Gasteiger partial charge is 0.336 e. The van der Waals surface area contributed by atoms with Gasteiger partial charge in [-0.05, 0) is 37.6 Å². The van der Waals surface area contributed by atoms with E-state index in [1.807, 2.05) is 25.2 Å². The van der Waals surface area contributed by atoms with Gasteiger partial charge in [-0.1, -0.05) is 18.2 Å². The van der Waals surface area contributed by atoms with Gasteiger partial charge in [-0.3, -0.25) is 9.88 Å². The van der Waals surface area contributed by atoms with E-state index >= 15 is 0 Å². The molecule has 1 saturated heterocycles. The lowest BCUT2D eigenvalue weighted by atomic mass is 10.1. The molecule has 0 saturated carbocycles. The second kappa shape index (κ2) is 7.82. The second-order valence-electron chi connectivity index (χ2n) is 6.79. The van der Waals surface area contributed by atoms with Crippen molar-refractivity contribution in [3.63, 3.8) is 0 Å². The molecule has 0 amide bonds. The maximum Gasteiger partial charge on any atom is 0.336 e. The number of benzene rings is 1. The summed E-state index contributed by atoms with van der Waals surface area (Å²) in [7, 11) is 1.85. The number of hydrogen-bond donors (Lipinski definition) is 2. The van der Waals surface area contributed by atoms with Gasteiger partial charge in [0.15, 0.2) is 0 Å². The summed E-state index contributed by atoms with van der Waals surface area (Å²) in [5.41, 5.74) is 1.77. The Hall–Kier alpha value is -3.19. The Labute approximate surface area is 163 Å². The van der Waals surface area contributed by atoms with Crippen LogP contribution in [0.5, 0.6) is 0 Å². The Morgan fingerprint density at radius 3 is 2.89 bits per heavy atom. The third kappa shape index (κ3) is 3.48. The van der Waals surface area contributed by atoms with Crippen molar-refractivity contribution in [2.24, 2.45) is 0 Å². The maximum absolute atomic E-state index is 11.5. The van der Waals surface area contributed by atoms with E-state index in [1.165, 1.54) is 0 Å². The third-order valence-electron chi connectivity index (χ3n) is 5.09. The molecule has 0 aliphatic carbocycles. The molecule has 1 aliphatic heterocycles. The summed E-state index contributed by atoms with van der Waals surface area (Å²) in [6, 6.07) is 10.8. The molecule has 3 aromatic rings. The van der Waals surface area contributed by atoms with Crippen LogP contribution in [0.3, 0.4) is 0 Å². The van der Waals surface area contributed by atoms with Crippen LogP contribution in [-0.4, -0.2) is 39.5 Å². The van der Waals surface area contributed by atoms with Crippen molar-refractivity contribution in [2.45, 2.75) is 25.4 Å². The van der Waals surface area contributed by atoms with Crippen LogP contribution in [0.25, 0.3) is 11.3 Å². The van der Waals surface area contributed by atoms with E-state index in [4.69, 9.17) is 4.42 Å². The largest absolute Gasteiger partial charge is 0.478 e. The molecular weight excluding hydrogens is 356 g/mol. The standard InChI is InChI=1S/C21H22N4O3/c1-22-20-19(23-10-11-24-20)17-7-4-12-25(17)13-14-8-9-18(28-14)15-5-2-3-6-16(15)21(26)27/h2-3,5-6,8-11,17H,4,7,12-13H2,1H3,(H,22,24)(H,26,27). The predicted molar refractivity (Wildman–Crippen MR) is 105 cm³/mol. The Morgan fingerprint density at radius 1 is 1.25 bits per heavy atom.